The van der Waals surface area contributed by atoms with E-state index in [0.717, 1.165) is 24.3 Å². The van der Waals surface area contributed by atoms with E-state index in [9.17, 15) is 4.79 Å². The molecule has 1 saturated heterocycles. The normalized spacial score (nSPS) is 25.2. The molecule has 20 heavy (non-hydrogen) atoms. The Morgan fingerprint density at radius 2 is 1.85 bits per heavy atom. The van der Waals surface area contributed by atoms with Crippen LogP contribution >= 0.6 is 11.8 Å². The number of thioether (sulfide) groups is 1. The molecule has 1 aliphatic heterocycles. The van der Waals surface area contributed by atoms with Crippen LogP contribution in [0.15, 0.2) is 24.3 Å². The SMILES string of the molecule is COc1ccc(N2C(=O)[C@H](C)SC23CCCCC3)cc1. The number of methoxy groups -OCH3 is 1. The Labute approximate surface area is 124 Å². The molecule has 108 valence electrons. The molecule has 0 unspecified atom stereocenters. The highest BCUT2D eigenvalue weighted by molar-refractivity contribution is 8.02. The number of carbonyl (C=O) groups is 1. The van der Waals surface area contributed by atoms with Crippen LogP contribution in [0, 0.1) is 0 Å². The van der Waals surface area contributed by atoms with E-state index in [0.29, 0.717) is 0 Å². The summed E-state index contributed by atoms with van der Waals surface area (Å²) in [5, 5.41) is 0.0650. The van der Waals surface area contributed by atoms with Gasteiger partial charge in [0.2, 0.25) is 5.91 Å². The number of nitrogens with zero attached hydrogens (tertiary/aromatic N) is 1. The molecule has 2 fully saturated rings. The second-order valence-corrected chi connectivity index (χ2v) is 7.34. The van der Waals surface area contributed by atoms with Gasteiger partial charge in [0.1, 0.15) is 5.75 Å². The number of amides is 1. The van der Waals surface area contributed by atoms with E-state index in [1.807, 2.05) is 43.0 Å². The van der Waals surface area contributed by atoms with Crippen LogP contribution in [0.25, 0.3) is 0 Å². The first-order valence-electron chi connectivity index (χ1n) is 7.32. The van der Waals surface area contributed by atoms with Gasteiger partial charge in [0.05, 0.1) is 17.2 Å². The van der Waals surface area contributed by atoms with Crippen molar-refractivity contribution >= 4 is 23.4 Å². The van der Waals surface area contributed by atoms with Crippen molar-refractivity contribution in [3.8, 4) is 5.75 Å². The van der Waals surface area contributed by atoms with Crippen molar-refractivity contribution in [1.29, 1.82) is 0 Å². The lowest BCUT2D eigenvalue weighted by molar-refractivity contribution is -0.117. The molecule has 1 aromatic carbocycles. The van der Waals surface area contributed by atoms with Crippen molar-refractivity contribution < 1.29 is 9.53 Å². The van der Waals surface area contributed by atoms with Crippen LogP contribution in [0.4, 0.5) is 5.69 Å². The minimum Gasteiger partial charge on any atom is -0.497 e. The highest BCUT2D eigenvalue weighted by Crippen LogP contribution is 2.51. The summed E-state index contributed by atoms with van der Waals surface area (Å²) in [4.78, 5) is 14.7. The third kappa shape index (κ3) is 2.20. The molecular formula is C16H21NO2S. The van der Waals surface area contributed by atoms with E-state index in [2.05, 4.69) is 4.90 Å². The molecule has 0 bridgehead atoms. The van der Waals surface area contributed by atoms with Crippen molar-refractivity contribution in [2.45, 2.75) is 49.1 Å². The summed E-state index contributed by atoms with van der Waals surface area (Å²) in [6, 6.07) is 7.89. The standard InChI is InChI=1S/C16H21NO2S/c1-12-15(18)17(13-6-8-14(19-2)9-7-13)16(20-12)10-4-3-5-11-16/h6-9,12H,3-5,10-11H2,1-2H3/t12-/m0/s1. The van der Waals surface area contributed by atoms with E-state index in [-0.39, 0.29) is 16.0 Å². The van der Waals surface area contributed by atoms with Crippen LogP contribution in [-0.4, -0.2) is 23.1 Å². The predicted octanol–water partition coefficient (Wildman–Crippen LogP) is 3.82. The van der Waals surface area contributed by atoms with Crippen LogP contribution in [-0.2, 0) is 4.79 Å². The van der Waals surface area contributed by atoms with Gasteiger partial charge in [-0.05, 0) is 44.0 Å². The number of hydrogen-bond acceptors (Lipinski definition) is 3. The molecule has 3 nitrogen and oxygen atoms in total. The molecular weight excluding hydrogens is 270 g/mol. The molecule has 1 saturated carbocycles. The Hall–Kier alpha value is -1.16. The molecule has 4 heteroatoms. The Morgan fingerprint density at radius 3 is 2.45 bits per heavy atom. The fraction of sp³-hybridized carbons (Fsp3) is 0.562. The maximum atomic E-state index is 12.6. The zero-order valence-corrected chi connectivity index (χ0v) is 12.9. The average Bonchev–Trinajstić information content (AvgIpc) is 2.71. The van der Waals surface area contributed by atoms with Crippen molar-refractivity contribution in [1.82, 2.24) is 0 Å². The van der Waals surface area contributed by atoms with E-state index in [1.54, 1.807) is 7.11 Å². The first-order valence-corrected chi connectivity index (χ1v) is 8.20. The average molecular weight is 291 g/mol. The largest absolute Gasteiger partial charge is 0.497 e. The van der Waals surface area contributed by atoms with Crippen LogP contribution in [0.5, 0.6) is 5.75 Å². The van der Waals surface area contributed by atoms with Crippen molar-refractivity contribution in [2.75, 3.05) is 12.0 Å². The van der Waals surface area contributed by atoms with Gasteiger partial charge in [0.25, 0.3) is 0 Å². The molecule has 2 aliphatic rings. The fourth-order valence-electron chi connectivity index (χ4n) is 3.35. The van der Waals surface area contributed by atoms with Gasteiger partial charge in [0.15, 0.2) is 0 Å². The van der Waals surface area contributed by atoms with E-state index >= 15 is 0 Å². The number of carbonyl (C=O) groups excluding carboxylic acids is 1. The third-order valence-corrected chi connectivity index (χ3v) is 5.92. The van der Waals surface area contributed by atoms with Crippen LogP contribution < -0.4 is 9.64 Å². The number of rotatable bonds is 2. The van der Waals surface area contributed by atoms with Gasteiger partial charge in [0, 0.05) is 5.69 Å². The molecule has 1 aliphatic carbocycles. The second kappa shape index (κ2) is 5.32. The Kier molecular flexibility index (Phi) is 3.67. The Morgan fingerprint density at radius 1 is 1.20 bits per heavy atom. The topological polar surface area (TPSA) is 29.5 Å². The monoisotopic (exact) mass is 291 g/mol. The second-order valence-electron chi connectivity index (χ2n) is 5.64. The van der Waals surface area contributed by atoms with Gasteiger partial charge in [-0.2, -0.15) is 0 Å². The minimum absolute atomic E-state index is 0.0106. The zero-order valence-electron chi connectivity index (χ0n) is 12.1. The van der Waals surface area contributed by atoms with Crippen molar-refractivity contribution in [3.05, 3.63) is 24.3 Å². The highest BCUT2D eigenvalue weighted by Gasteiger charge is 2.50. The molecule has 0 radical (unpaired) electrons. The number of anilines is 1. The van der Waals surface area contributed by atoms with Gasteiger partial charge in [-0.3, -0.25) is 9.69 Å². The lowest BCUT2D eigenvalue weighted by Crippen LogP contribution is -2.46. The molecule has 3 rings (SSSR count). The summed E-state index contributed by atoms with van der Waals surface area (Å²) >= 11 is 1.85. The van der Waals surface area contributed by atoms with Gasteiger partial charge in [-0.15, -0.1) is 11.8 Å². The lowest BCUT2D eigenvalue weighted by Gasteiger charge is -2.40. The summed E-state index contributed by atoms with van der Waals surface area (Å²) < 4.78 is 5.21. The van der Waals surface area contributed by atoms with Gasteiger partial charge >= 0.3 is 0 Å². The maximum Gasteiger partial charge on any atom is 0.241 e. The number of hydrogen-bond donors (Lipinski definition) is 0. The molecule has 1 spiro atoms. The van der Waals surface area contributed by atoms with E-state index in [1.165, 1.54) is 19.3 Å². The summed E-state index contributed by atoms with van der Waals surface area (Å²) in [7, 11) is 1.66. The molecule has 0 N–H and O–H groups in total. The summed E-state index contributed by atoms with van der Waals surface area (Å²) in [5.74, 6) is 1.08. The first-order chi connectivity index (χ1) is 9.66. The van der Waals surface area contributed by atoms with Crippen molar-refractivity contribution in [2.24, 2.45) is 0 Å². The molecule has 1 aromatic rings. The first kappa shape index (κ1) is 13.8. The zero-order chi connectivity index (χ0) is 14.2. The highest BCUT2D eigenvalue weighted by atomic mass is 32.2. The number of benzene rings is 1. The minimum atomic E-state index is -0.0106. The van der Waals surface area contributed by atoms with E-state index in [4.69, 9.17) is 4.74 Å². The lowest BCUT2D eigenvalue weighted by atomic mass is 9.93. The third-order valence-electron chi connectivity index (χ3n) is 4.34. The maximum absolute atomic E-state index is 12.6. The van der Waals surface area contributed by atoms with Crippen LogP contribution in [0.3, 0.4) is 0 Å². The molecule has 1 atom stereocenters. The summed E-state index contributed by atoms with van der Waals surface area (Å²) in [6.07, 6.45) is 5.96. The molecule has 1 amide bonds. The molecule has 1 heterocycles. The predicted molar refractivity (Wildman–Crippen MR) is 83.3 cm³/mol. The number of ether oxygens (including phenoxy) is 1. The van der Waals surface area contributed by atoms with Crippen LogP contribution in [0.1, 0.15) is 39.0 Å². The smallest absolute Gasteiger partial charge is 0.241 e. The van der Waals surface area contributed by atoms with Crippen LogP contribution in [0.2, 0.25) is 0 Å². The summed E-state index contributed by atoms with van der Waals surface area (Å²) in [6.45, 7) is 2.03. The Bertz CT molecular complexity index is 494. The van der Waals surface area contributed by atoms with Gasteiger partial charge < -0.3 is 4.74 Å². The Balaban J connectivity index is 1.96. The molecule has 0 aromatic heterocycles. The van der Waals surface area contributed by atoms with E-state index < -0.39 is 0 Å². The van der Waals surface area contributed by atoms with Gasteiger partial charge in [-0.25, -0.2) is 0 Å². The summed E-state index contributed by atoms with van der Waals surface area (Å²) in [5.41, 5.74) is 1.01. The van der Waals surface area contributed by atoms with Crippen molar-refractivity contribution in [3.63, 3.8) is 0 Å². The fourth-order valence-corrected chi connectivity index (χ4v) is 5.04. The van der Waals surface area contributed by atoms with Gasteiger partial charge in [-0.1, -0.05) is 19.3 Å². The quantitative estimate of drug-likeness (QED) is 0.829.